The molecule has 1 unspecified atom stereocenters. The van der Waals surface area contributed by atoms with E-state index in [1.54, 1.807) is 0 Å². The van der Waals surface area contributed by atoms with E-state index in [9.17, 15) is 0 Å². The van der Waals surface area contributed by atoms with Crippen molar-refractivity contribution in [1.82, 2.24) is 9.97 Å². The van der Waals surface area contributed by atoms with Crippen molar-refractivity contribution in [3.8, 4) is 33.8 Å². The van der Waals surface area contributed by atoms with Crippen LogP contribution in [0.1, 0.15) is 0 Å². The Morgan fingerprint density at radius 2 is 1.27 bits per heavy atom. The van der Waals surface area contributed by atoms with E-state index in [0.29, 0.717) is 11.5 Å². The molecule has 1 atom stereocenters. The fourth-order valence-corrected chi connectivity index (χ4v) is 8.76. The van der Waals surface area contributed by atoms with Crippen molar-refractivity contribution in [2.75, 3.05) is 0 Å². The zero-order valence-corrected chi connectivity index (χ0v) is 22.8. The van der Waals surface area contributed by atoms with E-state index in [0.717, 1.165) is 60.0 Å². The van der Waals surface area contributed by atoms with Crippen LogP contribution in [0.5, 0.6) is 11.5 Å². The third kappa shape index (κ3) is 3.72. The first-order valence-electron chi connectivity index (χ1n) is 13.5. The topological polar surface area (TPSA) is 52.1 Å². The second-order valence-corrected chi connectivity index (χ2v) is 12.9. The van der Waals surface area contributed by atoms with Gasteiger partial charge in [0.15, 0.2) is 7.14 Å². The molecule has 0 saturated heterocycles. The Kier molecular flexibility index (Phi) is 5.38. The molecule has 5 heteroatoms. The average Bonchev–Trinajstić information content (AvgIpc) is 3.05. The van der Waals surface area contributed by atoms with Gasteiger partial charge < -0.3 is 9.30 Å². The van der Waals surface area contributed by atoms with Crippen LogP contribution in [0.3, 0.4) is 0 Å². The summed E-state index contributed by atoms with van der Waals surface area (Å²) in [5.74, 6) is 1.28. The monoisotopic (exact) mass is 546 g/mol. The number of benzene rings is 5. The third-order valence-electron chi connectivity index (χ3n) is 7.81. The molecule has 0 amide bonds. The fourth-order valence-electron chi connectivity index (χ4n) is 5.88. The molecule has 0 bridgehead atoms. The number of hydrogen-bond donors (Lipinski definition) is 0. The molecule has 2 aromatic heterocycles. The van der Waals surface area contributed by atoms with Gasteiger partial charge in [0.25, 0.3) is 0 Å². The van der Waals surface area contributed by atoms with Crippen LogP contribution in [-0.4, -0.2) is 9.97 Å². The van der Waals surface area contributed by atoms with E-state index in [1.165, 1.54) is 0 Å². The average molecular weight is 547 g/mol. The summed E-state index contributed by atoms with van der Waals surface area (Å²) in [5.41, 5.74) is 5.98. The highest BCUT2D eigenvalue weighted by Crippen LogP contribution is 2.52. The van der Waals surface area contributed by atoms with Gasteiger partial charge in [-0.2, -0.15) is 0 Å². The second kappa shape index (κ2) is 9.26. The quantitative estimate of drug-likeness (QED) is 0.167. The zero-order valence-electron chi connectivity index (χ0n) is 21.9. The van der Waals surface area contributed by atoms with Crippen molar-refractivity contribution in [2.45, 2.75) is 0 Å². The molecular weight excluding hydrogens is 523 g/mol. The first-order chi connectivity index (χ1) is 20.2. The first kappa shape index (κ1) is 23.8. The van der Waals surface area contributed by atoms with Gasteiger partial charge in [-0.25, -0.2) is 0 Å². The maximum Gasteiger partial charge on any atom is 0.178 e. The van der Waals surface area contributed by atoms with Gasteiger partial charge >= 0.3 is 0 Å². The SMILES string of the molecule is O=P1(c2ccccc2)c2ccccc2Oc2ccc(-c3cccc(-c4cc5cccnc5c5ncccc45)c3)cc21. The number of pyridine rings is 2. The molecule has 194 valence electrons. The smallest absolute Gasteiger partial charge is 0.178 e. The summed E-state index contributed by atoms with van der Waals surface area (Å²) in [6.07, 6.45) is 3.62. The van der Waals surface area contributed by atoms with Crippen molar-refractivity contribution in [2.24, 2.45) is 0 Å². The molecule has 41 heavy (non-hydrogen) atoms. The van der Waals surface area contributed by atoms with Gasteiger partial charge in [0.1, 0.15) is 11.5 Å². The molecule has 0 radical (unpaired) electrons. The molecule has 1 aliphatic rings. The standard InChI is InChI=1S/C36H23N2O2P/c39-41(28-12-2-1-3-13-28)33-16-5-4-15-31(33)40-32-18-17-25(23-34(32)41)24-9-6-10-26(21-24)30-22-27-11-7-19-37-35(27)36-29(30)14-8-20-38-36/h1-23H. The van der Waals surface area contributed by atoms with Crippen molar-refractivity contribution in [1.29, 1.82) is 0 Å². The molecule has 5 aromatic carbocycles. The molecular formula is C36H23N2O2P. The van der Waals surface area contributed by atoms with Crippen molar-refractivity contribution < 1.29 is 9.30 Å². The van der Waals surface area contributed by atoms with Gasteiger partial charge in [0.2, 0.25) is 0 Å². The van der Waals surface area contributed by atoms with Crippen molar-refractivity contribution in [3.63, 3.8) is 0 Å². The molecule has 7 aromatic rings. The van der Waals surface area contributed by atoms with Crippen LogP contribution in [-0.2, 0) is 4.57 Å². The third-order valence-corrected chi connectivity index (χ3v) is 10.9. The van der Waals surface area contributed by atoms with Gasteiger partial charge in [0, 0.05) is 28.5 Å². The van der Waals surface area contributed by atoms with Crippen molar-refractivity contribution in [3.05, 3.63) is 140 Å². The maximum absolute atomic E-state index is 15.1. The largest absolute Gasteiger partial charge is 0.456 e. The lowest BCUT2D eigenvalue weighted by molar-refractivity contribution is 0.485. The highest BCUT2D eigenvalue weighted by Gasteiger charge is 2.39. The molecule has 4 nitrogen and oxygen atoms in total. The maximum atomic E-state index is 15.1. The van der Waals surface area contributed by atoms with Gasteiger partial charge in [0.05, 0.1) is 21.6 Å². The highest BCUT2D eigenvalue weighted by atomic mass is 31.2. The number of fused-ring (bicyclic) bond motifs is 5. The second-order valence-electron chi connectivity index (χ2n) is 10.2. The molecule has 1 aliphatic heterocycles. The first-order valence-corrected chi connectivity index (χ1v) is 15.2. The van der Waals surface area contributed by atoms with E-state index < -0.39 is 7.14 Å². The lowest BCUT2D eigenvalue weighted by Gasteiger charge is -2.29. The van der Waals surface area contributed by atoms with Crippen LogP contribution in [0.4, 0.5) is 0 Å². The summed E-state index contributed by atoms with van der Waals surface area (Å²) in [6, 6.07) is 42.2. The van der Waals surface area contributed by atoms with Gasteiger partial charge in [-0.05, 0) is 70.8 Å². The highest BCUT2D eigenvalue weighted by molar-refractivity contribution is 7.85. The molecule has 0 N–H and O–H groups in total. The van der Waals surface area contributed by atoms with E-state index in [1.807, 2.05) is 97.3 Å². The Hall–Kier alpha value is -5.05. The van der Waals surface area contributed by atoms with Crippen LogP contribution in [0.25, 0.3) is 44.1 Å². The Morgan fingerprint density at radius 1 is 0.537 bits per heavy atom. The minimum atomic E-state index is -3.16. The van der Waals surface area contributed by atoms with Gasteiger partial charge in [-0.3, -0.25) is 9.97 Å². The zero-order chi connectivity index (χ0) is 27.4. The predicted octanol–water partition coefficient (Wildman–Crippen LogP) is 7.86. The van der Waals surface area contributed by atoms with Crippen molar-refractivity contribution >= 4 is 44.9 Å². The Balaban J connectivity index is 1.31. The van der Waals surface area contributed by atoms with Crippen LogP contribution in [0.15, 0.2) is 140 Å². The van der Waals surface area contributed by atoms with E-state index in [2.05, 4.69) is 52.4 Å². The number of rotatable bonds is 3. The summed E-state index contributed by atoms with van der Waals surface area (Å²) < 4.78 is 21.4. The van der Waals surface area contributed by atoms with Gasteiger partial charge in [-0.1, -0.05) is 78.9 Å². The molecule has 0 saturated carbocycles. The van der Waals surface area contributed by atoms with Crippen LogP contribution in [0, 0.1) is 0 Å². The molecule has 3 heterocycles. The molecule has 0 aliphatic carbocycles. The minimum Gasteiger partial charge on any atom is -0.456 e. The number of hydrogen-bond acceptors (Lipinski definition) is 4. The van der Waals surface area contributed by atoms with E-state index in [-0.39, 0.29) is 0 Å². The summed E-state index contributed by atoms with van der Waals surface area (Å²) in [6.45, 7) is 0. The number of nitrogens with zero attached hydrogens (tertiary/aromatic N) is 2. The summed E-state index contributed by atoms with van der Waals surface area (Å²) >= 11 is 0. The Morgan fingerprint density at radius 3 is 2.17 bits per heavy atom. The molecule has 0 spiro atoms. The minimum absolute atomic E-state index is 0.634. The number of para-hydroxylation sites is 1. The lowest BCUT2D eigenvalue weighted by Crippen LogP contribution is -2.30. The Bertz CT molecular complexity index is 2180. The summed E-state index contributed by atoms with van der Waals surface area (Å²) in [4.78, 5) is 9.28. The van der Waals surface area contributed by atoms with Crippen LogP contribution in [0.2, 0.25) is 0 Å². The van der Waals surface area contributed by atoms with E-state index >= 15 is 4.57 Å². The van der Waals surface area contributed by atoms with Crippen LogP contribution >= 0.6 is 7.14 Å². The normalized spacial score (nSPS) is 15.7. The summed E-state index contributed by atoms with van der Waals surface area (Å²) in [5, 5.41) is 4.35. The predicted molar refractivity (Wildman–Crippen MR) is 167 cm³/mol. The number of aromatic nitrogens is 2. The lowest BCUT2D eigenvalue weighted by atomic mass is 9.95. The molecule has 8 rings (SSSR count). The van der Waals surface area contributed by atoms with Crippen LogP contribution < -0.4 is 20.7 Å². The van der Waals surface area contributed by atoms with Gasteiger partial charge in [-0.15, -0.1) is 0 Å². The Labute approximate surface area is 237 Å². The number of ether oxygens (including phenoxy) is 1. The molecule has 0 fully saturated rings. The fraction of sp³-hybridized carbons (Fsp3) is 0. The summed E-state index contributed by atoms with van der Waals surface area (Å²) in [7, 11) is -3.16. The van der Waals surface area contributed by atoms with E-state index in [4.69, 9.17) is 4.74 Å².